The minimum absolute atomic E-state index is 0.694. The maximum Gasteiger partial charge on any atom is 0.128 e. The van der Waals surface area contributed by atoms with Gasteiger partial charge >= 0.3 is 0 Å². The number of nitrogens with zero attached hydrogens (tertiary/aromatic N) is 1. The molecule has 0 radical (unpaired) electrons. The summed E-state index contributed by atoms with van der Waals surface area (Å²) < 4.78 is 5.50. The Bertz CT molecular complexity index is 307. The zero-order chi connectivity index (χ0) is 10.9. The van der Waals surface area contributed by atoms with Gasteiger partial charge in [-0.2, -0.15) is 0 Å². The van der Waals surface area contributed by atoms with Gasteiger partial charge in [0.05, 0.1) is 6.61 Å². The van der Waals surface area contributed by atoms with E-state index in [9.17, 15) is 0 Å². The van der Waals surface area contributed by atoms with Crippen LogP contribution in [0.15, 0.2) is 29.3 Å². The van der Waals surface area contributed by atoms with Gasteiger partial charge in [-0.15, -0.1) is 0 Å². The van der Waals surface area contributed by atoms with Crippen molar-refractivity contribution >= 4 is 6.21 Å². The van der Waals surface area contributed by atoms with E-state index in [0.29, 0.717) is 6.61 Å². The average Bonchev–Trinajstić information content (AvgIpc) is 2.27. The van der Waals surface area contributed by atoms with Crippen molar-refractivity contribution in [1.82, 2.24) is 0 Å². The zero-order valence-corrected chi connectivity index (χ0v) is 9.57. The smallest absolute Gasteiger partial charge is 0.128 e. The quantitative estimate of drug-likeness (QED) is 0.516. The van der Waals surface area contributed by atoms with E-state index in [4.69, 9.17) is 4.74 Å². The summed E-state index contributed by atoms with van der Waals surface area (Å²) in [5.41, 5.74) is 1.07. The number of benzene rings is 1. The Hall–Kier alpha value is -1.31. The van der Waals surface area contributed by atoms with Crippen molar-refractivity contribution in [3.63, 3.8) is 0 Å². The van der Waals surface area contributed by atoms with Crippen LogP contribution in [0.25, 0.3) is 0 Å². The summed E-state index contributed by atoms with van der Waals surface area (Å²) >= 11 is 0. The lowest BCUT2D eigenvalue weighted by Crippen LogP contribution is -1.95. The van der Waals surface area contributed by atoms with E-state index in [1.54, 1.807) is 0 Å². The van der Waals surface area contributed by atoms with Gasteiger partial charge in [0.1, 0.15) is 5.75 Å². The third-order valence-electron chi connectivity index (χ3n) is 2.09. The molecule has 2 nitrogen and oxygen atoms in total. The van der Waals surface area contributed by atoms with Crippen LogP contribution in [0.3, 0.4) is 0 Å². The first kappa shape index (κ1) is 11.8. The second kappa shape index (κ2) is 7.04. The number of unbranched alkanes of at least 4 members (excludes halogenated alkanes) is 1. The molecule has 0 fully saturated rings. The highest BCUT2D eigenvalue weighted by atomic mass is 16.5. The molecule has 0 aliphatic rings. The van der Waals surface area contributed by atoms with Gasteiger partial charge in [0.25, 0.3) is 0 Å². The first-order valence-electron chi connectivity index (χ1n) is 5.60. The predicted molar refractivity (Wildman–Crippen MR) is 65.0 cm³/mol. The molecule has 82 valence electrons. The van der Waals surface area contributed by atoms with Gasteiger partial charge in [0.15, 0.2) is 0 Å². The number of para-hydroxylation sites is 1. The highest BCUT2D eigenvalue weighted by molar-refractivity contribution is 5.83. The summed E-state index contributed by atoms with van der Waals surface area (Å²) in [5.74, 6) is 0.917. The normalized spacial score (nSPS) is 10.8. The molecule has 2 heteroatoms. The van der Waals surface area contributed by atoms with E-state index < -0.39 is 0 Å². The van der Waals surface area contributed by atoms with Crippen molar-refractivity contribution in [2.45, 2.75) is 26.7 Å². The van der Waals surface area contributed by atoms with Crippen LogP contribution < -0.4 is 4.74 Å². The van der Waals surface area contributed by atoms with Crippen LogP contribution in [0, 0.1) is 0 Å². The Kier molecular flexibility index (Phi) is 5.52. The molecule has 1 aromatic rings. The summed E-state index contributed by atoms with van der Waals surface area (Å²) in [7, 11) is 0. The third-order valence-corrected chi connectivity index (χ3v) is 2.09. The fraction of sp³-hybridized carbons (Fsp3) is 0.462. The van der Waals surface area contributed by atoms with Gasteiger partial charge in [-0.1, -0.05) is 25.5 Å². The van der Waals surface area contributed by atoms with Crippen LogP contribution in [-0.4, -0.2) is 19.4 Å². The predicted octanol–water partition coefficient (Wildman–Crippen LogP) is 3.30. The molecule has 0 saturated carbocycles. The summed E-state index contributed by atoms with van der Waals surface area (Å²) in [6.07, 6.45) is 4.23. The van der Waals surface area contributed by atoms with Gasteiger partial charge in [0, 0.05) is 18.3 Å². The Morgan fingerprint density at radius 2 is 2.07 bits per heavy atom. The lowest BCUT2D eigenvalue weighted by atomic mass is 10.2. The molecule has 0 heterocycles. The van der Waals surface area contributed by atoms with Gasteiger partial charge in [-0.05, 0) is 25.5 Å². The molecule has 0 aliphatic heterocycles. The molecule has 1 aromatic carbocycles. The Morgan fingerprint density at radius 3 is 2.80 bits per heavy atom. The average molecular weight is 205 g/mol. The third kappa shape index (κ3) is 4.15. The van der Waals surface area contributed by atoms with Crippen molar-refractivity contribution in [1.29, 1.82) is 0 Å². The van der Waals surface area contributed by atoms with Crippen LogP contribution in [0.2, 0.25) is 0 Å². The van der Waals surface area contributed by atoms with Gasteiger partial charge in [0.2, 0.25) is 0 Å². The molecule has 0 saturated heterocycles. The second-order valence-corrected chi connectivity index (χ2v) is 3.36. The van der Waals surface area contributed by atoms with Gasteiger partial charge in [-0.25, -0.2) is 0 Å². The molecule has 0 bridgehead atoms. The number of hydrogen-bond donors (Lipinski definition) is 0. The first-order valence-corrected chi connectivity index (χ1v) is 5.60. The van der Waals surface area contributed by atoms with Crippen LogP contribution in [0.4, 0.5) is 0 Å². The second-order valence-electron chi connectivity index (χ2n) is 3.36. The number of ether oxygens (including phenoxy) is 1. The molecule has 0 N–H and O–H groups in total. The van der Waals surface area contributed by atoms with Crippen molar-refractivity contribution < 1.29 is 4.74 Å². The molecule has 0 spiro atoms. The molecule has 0 unspecified atom stereocenters. The molecular formula is C13H19NO. The van der Waals surface area contributed by atoms with Crippen molar-refractivity contribution in [3.05, 3.63) is 29.8 Å². The molecule has 0 aliphatic carbocycles. The Morgan fingerprint density at radius 1 is 1.27 bits per heavy atom. The molecular weight excluding hydrogens is 186 g/mol. The van der Waals surface area contributed by atoms with Crippen LogP contribution in [0.1, 0.15) is 32.3 Å². The lowest BCUT2D eigenvalue weighted by Gasteiger charge is -2.05. The van der Waals surface area contributed by atoms with Crippen LogP contribution in [-0.2, 0) is 0 Å². The topological polar surface area (TPSA) is 21.6 Å². The maximum atomic E-state index is 5.50. The number of rotatable bonds is 6. The molecule has 0 atom stereocenters. The minimum atomic E-state index is 0.694. The van der Waals surface area contributed by atoms with Crippen molar-refractivity contribution in [2.75, 3.05) is 13.2 Å². The summed E-state index contributed by atoms with van der Waals surface area (Å²) in [4.78, 5) is 4.37. The van der Waals surface area contributed by atoms with Crippen molar-refractivity contribution in [3.8, 4) is 5.75 Å². The van der Waals surface area contributed by atoms with E-state index in [-0.39, 0.29) is 0 Å². The van der Waals surface area contributed by atoms with E-state index in [1.165, 1.54) is 6.42 Å². The van der Waals surface area contributed by atoms with Crippen LogP contribution in [0.5, 0.6) is 5.75 Å². The van der Waals surface area contributed by atoms with Crippen LogP contribution >= 0.6 is 0 Å². The Labute approximate surface area is 92.0 Å². The summed E-state index contributed by atoms with van der Waals surface area (Å²) in [5, 5.41) is 0. The lowest BCUT2D eigenvalue weighted by molar-refractivity contribution is 0.340. The number of aliphatic imine (C=N–C) groups is 1. The molecule has 0 aromatic heterocycles. The molecule has 1 rings (SSSR count). The number of hydrogen-bond acceptors (Lipinski definition) is 2. The zero-order valence-electron chi connectivity index (χ0n) is 9.57. The standard InChI is InChI=1S/C13H19NO/c1-3-5-10-14-11-12-8-6-7-9-13(12)15-4-2/h6-9,11H,3-5,10H2,1-2H3/b14-11+. The maximum absolute atomic E-state index is 5.50. The van der Waals surface area contributed by atoms with E-state index in [1.807, 2.05) is 37.4 Å². The summed E-state index contributed by atoms with van der Waals surface area (Å²) in [6, 6.07) is 7.99. The van der Waals surface area contributed by atoms with E-state index in [2.05, 4.69) is 11.9 Å². The first-order chi connectivity index (χ1) is 7.38. The van der Waals surface area contributed by atoms with E-state index >= 15 is 0 Å². The Balaban J connectivity index is 2.62. The highest BCUT2D eigenvalue weighted by Crippen LogP contribution is 2.15. The largest absolute Gasteiger partial charge is 0.493 e. The fourth-order valence-electron chi connectivity index (χ4n) is 1.29. The van der Waals surface area contributed by atoms with E-state index in [0.717, 1.165) is 24.3 Å². The van der Waals surface area contributed by atoms with Gasteiger partial charge in [-0.3, -0.25) is 4.99 Å². The summed E-state index contributed by atoms with van der Waals surface area (Å²) in [6.45, 7) is 5.76. The minimum Gasteiger partial charge on any atom is -0.493 e. The van der Waals surface area contributed by atoms with Gasteiger partial charge < -0.3 is 4.74 Å². The fourth-order valence-corrected chi connectivity index (χ4v) is 1.29. The molecule has 15 heavy (non-hydrogen) atoms. The SMILES string of the molecule is CCCC/N=C/c1ccccc1OCC. The van der Waals surface area contributed by atoms with Crippen molar-refractivity contribution in [2.24, 2.45) is 4.99 Å². The highest BCUT2D eigenvalue weighted by Gasteiger charge is 1.97. The monoisotopic (exact) mass is 205 g/mol. The molecule has 0 amide bonds.